The molecule has 5 nitrogen and oxygen atoms in total. The summed E-state index contributed by atoms with van der Waals surface area (Å²) in [7, 11) is -1.38. The highest BCUT2D eigenvalue weighted by atomic mass is 31.2. The number of hydroxylamine groups is 1. The van der Waals surface area contributed by atoms with E-state index < -0.39 is 13.6 Å². The molecule has 0 aliphatic carbocycles. The number of hydrogen-bond acceptors (Lipinski definition) is 5. The van der Waals surface area contributed by atoms with E-state index in [1.165, 1.54) is 19.1 Å². The molecule has 0 heterocycles. The molecular formula is C21H23NO4P+. The van der Waals surface area contributed by atoms with E-state index in [-0.39, 0.29) is 0 Å². The van der Waals surface area contributed by atoms with Gasteiger partial charge in [0.15, 0.2) is 5.54 Å². The lowest BCUT2D eigenvalue weighted by molar-refractivity contribution is -0.132. The summed E-state index contributed by atoms with van der Waals surface area (Å²) in [6.07, 6.45) is 0. The Hall–Kier alpha value is -2.11. The van der Waals surface area contributed by atoms with Gasteiger partial charge in [0.05, 0.1) is 14.2 Å². The fourth-order valence-corrected chi connectivity index (χ4v) is 4.48. The van der Waals surface area contributed by atoms with Crippen molar-refractivity contribution in [1.29, 1.82) is 0 Å². The van der Waals surface area contributed by atoms with E-state index in [9.17, 15) is 9.79 Å². The van der Waals surface area contributed by atoms with Gasteiger partial charge >= 0.3 is 8.09 Å². The molecule has 0 radical (unpaired) electrons. The quantitative estimate of drug-likeness (QED) is 0.364. The van der Waals surface area contributed by atoms with Crippen LogP contribution in [-0.4, -0.2) is 28.8 Å². The van der Waals surface area contributed by atoms with Gasteiger partial charge in [0.1, 0.15) is 0 Å². The molecule has 0 bridgehead atoms. The Morgan fingerprint density at radius 3 is 1.26 bits per heavy atom. The summed E-state index contributed by atoms with van der Waals surface area (Å²) in [6.45, 7) is 0. The number of hydrogen-bond donors (Lipinski definition) is 2. The number of nitrogens with zero attached hydrogens (tertiary/aromatic N) is 1. The largest absolute Gasteiger partial charge is 0.525 e. The Morgan fingerprint density at radius 1 is 0.667 bits per heavy atom. The molecule has 0 saturated heterocycles. The zero-order chi connectivity index (χ0) is 19.3. The topological polar surface area (TPSA) is 62.2 Å². The SMILES string of the molecule is CON(C(c1ccccc1)(c1ccccc1)c1ccccc1)[P+](O)(O)OC. The monoisotopic (exact) mass is 384 g/mol. The van der Waals surface area contributed by atoms with Gasteiger partial charge in [-0.15, -0.1) is 0 Å². The van der Waals surface area contributed by atoms with Crippen molar-refractivity contribution in [2.24, 2.45) is 0 Å². The van der Waals surface area contributed by atoms with Crippen molar-refractivity contribution in [3.63, 3.8) is 0 Å². The third-order valence-electron chi connectivity index (χ3n) is 4.52. The van der Waals surface area contributed by atoms with Gasteiger partial charge in [-0.3, -0.25) is 4.84 Å². The summed E-state index contributed by atoms with van der Waals surface area (Å²) in [6, 6.07) is 28.8. The van der Waals surface area contributed by atoms with Crippen molar-refractivity contribution < 1.29 is 19.1 Å². The van der Waals surface area contributed by atoms with Crippen LogP contribution in [0.2, 0.25) is 0 Å². The molecule has 27 heavy (non-hydrogen) atoms. The predicted octanol–water partition coefficient (Wildman–Crippen LogP) is 4.15. The predicted molar refractivity (Wildman–Crippen MR) is 106 cm³/mol. The summed E-state index contributed by atoms with van der Waals surface area (Å²) < 4.78 is 5.08. The van der Waals surface area contributed by atoms with Crippen molar-refractivity contribution in [3.8, 4) is 0 Å². The molecule has 140 valence electrons. The van der Waals surface area contributed by atoms with Gasteiger partial charge in [0, 0.05) is 4.83 Å². The molecule has 3 aromatic carbocycles. The molecule has 0 aliphatic heterocycles. The normalized spacial score (nSPS) is 12.3. The highest BCUT2D eigenvalue weighted by molar-refractivity contribution is 7.56. The van der Waals surface area contributed by atoms with Gasteiger partial charge < -0.3 is 0 Å². The molecule has 6 heteroatoms. The van der Waals surface area contributed by atoms with Crippen LogP contribution < -0.4 is 0 Å². The van der Waals surface area contributed by atoms with Gasteiger partial charge in [-0.1, -0.05) is 91.0 Å². The van der Waals surface area contributed by atoms with Gasteiger partial charge in [0.25, 0.3) is 0 Å². The molecule has 0 aromatic heterocycles. The minimum absolute atomic E-state index is 0.814. The van der Waals surface area contributed by atoms with E-state index in [2.05, 4.69) is 0 Å². The van der Waals surface area contributed by atoms with E-state index in [0.717, 1.165) is 16.7 Å². The molecule has 0 aliphatic rings. The van der Waals surface area contributed by atoms with Crippen LogP contribution in [0.25, 0.3) is 0 Å². The maximum Gasteiger partial charge on any atom is 0.525 e. The molecule has 0 unspecified atom stereocenters. The van der Waals surface area contributed by atoms with Crippen LogP contribution in [0.3, 0.4) is 0 Å². The first-order valence-electron chi connectivity index (χ1n) is 8.49. The molecule has 0 fully saturated rings. The van der Waals surface area contributed by atoms with E-state index in [1.807, 2.05) is 91.0 Å². The smallest absolute Gasteiger partial charge is 0.262 e. The first kappa shape index (κ1) is 19.6. The second-order valence-corrected chi connectivity index (χ2v) is 7.71. The van der Waals surface area contributed by atoms with Gasteiger partial charge in [0.2, 0.25) is 0 Å². The third kappa shape index (κ3) is 3.54. The average molecular weight is 384 g/mol. The fourth-order valence-electron chi connectivity index (χ4n) is 3.38. The first-order valence-corrected chi connectivity index (χ1v) is 10.1. The molecule has 0 atom stereocenters. The van der Waals surface area contributed by atoms with Gasteiger partial charge in [-0.05, 0) is 16.7 Å². The zero-order valence-corrected chi connectivity index (χ0v) is 16.2. The molecule has 3 aromatic rings. The lowest BCUT2D eigenvalue weighted by Gasteiger charge is -2.41. The van der Waals surface area contributed by atoms with Crippen molar-refractivity contribution in [2.75, 3.05) is 14.2 Å². The van der Waals surface area contributed by atoms with Crippen LogP contribution in [0.1, 0.15) is 16.7 Å². The molecule has 0 saturated carbocycles. The highest BCUT2D eigenvalue weighted by Gasteiger charge is 2.60. The Labute approximate surface area is 160 Å². The lowest BCUT2D eigenvalue weighted by atomic mass is 9.78. The molecular weight excluding hydrogens is 361 g/mol. The van der Waals surface area contributed by atoms with Crippen LogP contribution in [0, 0.1) is 0 Å². The van der Waals surface area contributed by atoms with Crippen LogP contribution >= 0.6 is 8.09 Å². The van der Waals surface area contributed by atoms with Crippen molar-refractivity contribution >= 4 is 8.09 Å². The minimum atomic E-state index is -4.04. The molecule has 2 N–H and O–H groups in total. The Bertz CT molecular complexity index is 747. The maximum atomic E-state index is 10.7. The van der Waals surface area contributed by atoms with Gasteiger partial charge in [-0.25, -0.2) is 0 Å². The summed E-state index contributed by atoms with van der Waals surface area (Å²) in [5.41, 5.74) is 1.31. The highest BCUT2D eigenvalue weighted by Crippen LogP contribution is 2.62. The number of benzene rings is 3. The first-order chi connectivity index (χ1) is 13.1. The van der Waals surface area contributed by atoms with Crippen LogP contribution in [-0.2, 0) is 14.9 Å². The Morgan fingerprint density at radius 2 is 1.00 bits per heavy atom. The number of rotatable bonds is 7. The summed E-state index contributed by atoms with van der Waals surface area (Å²) in [5.74, 6) is 0. The molecule has 0 spiro atoms. The summed E-state index contributed by atoms with van der Waals surface area (Å²) in [5, 5.41) is 0. The average Bonchev–Trinajstić information content (AvgIpc) is 2.73. The van der Waals surface area contributed by atoms with E-state index in [0.29, 0.717) is 0 Å². The maximum absolute atomic E-state index is 10.7. The van der Waals surface area contributed by atoms with E-state index >= 15 is 0 Å². The molecule has 0 amide bonds. The lowest BCUT2D eigenvalue weighted by Crippen LogP contribution is -2.47. The Kier molecular flexibility index (Phi) is 6.02. The standard InChI is InChI=1S/C21H23NO4P/c1-25-22(27(23,24)26-2)21(18-12-6-3-7-13-18,19-14-8-4-9-15-19)20-16-10-5-11-17-20/h3-17,23-24H,1-2H3/q+1. The summed E-state index contributed by atoms with van der Waals surface area (Å²) in [4.78, 5) is 28.3. The van der Waals surface area contributed by atoms with E-state index in [1.54, 1.807) is 0 Å². The van der Waals surface area contributed by atoms with Crippen LogP contribution in [0.15, 0.2) is 91.0 Å². The Balaban J connectivity index is 2.43. The minimum Gasteiger partial charge on any atom is -0.262 e. The van der Waals surface area contributed by atoms with Crippen molar-refractivity contribution in [1.82, 2.24) is 4.83 Å². The van der Waals surface area contributed by atoms with Crippen molar-refractivity contribution in [2.45, 2.75) is 5.54 Å². The van der Waals surface area contributed by atoms with Crippen LogP contribution in [0.5, 0.6) is 0 Å². The summed E-state index contributed by atoms with van der Waals surface area (Å²) >= 11 is 0. The molecule has 3 rings (SSSR count). The van der Waals surface area contributed by atoms with E-state index in [4.69, 9.17) is 9.36 Å². The van der Waals surface area contributed by atoms with Crippen LogP contribution in [0.4, 0.5) is 0 Å². The third-order valence-corrected chi connectivity index (χ3v) is 5.94. The second kappa shape index (κ2) is 8.28. The van der Waals surface area contributed by atoms with Crippen molar-refractivity contribution in [3.05, 3.63) is 108 Å². The van der Waals surface area contributed by atoms with Gasteiger partial charge in [-0.2, -0.15) is 14.3 Å². The second-order valence-electron chi connectivity index (χ2n) is 5.96. The zero-order valence-electron chi connectivity index (χ0n) is 15.3. The fraction of sp³-hybridized carbons (Fsp3) is 0.143.